The molecule has 1 N–H and O–H groups in total. The molecular formula is C93H98O18Si. The van der Waals surface area contributed by atoms with Gasteiger partial charge in [0.1, 0.15) is 61.0 Å². The third-order valence-electron chi connectivity index (χ3n) is 20.1. The Morgan fingerprint density at radius 3 is 1.05 bits per heavy atom. The summed E-state index contributed by atoms with van der Waals surface area (Å²) in [5.74, 6) is -1.40. The molecule has 19 heteroatoms. The fourth-order valence-corrected chi connectivity index (χ4v) is 19.2. The second-order valence-electron chi connectivity index (χ2n) is 28.9. The third kappa shape index (κ3) is 21.0. The summed E-state index contributed by atoms with van der Waals surface area (Å²) in [5.41, 5.74) is 5.60. The zero-order valence-corrected chi connectivity index (χ0v) is 64.3. The maximum Gasteiger partial charge on any atom is 0.338 e. The summed E-state index contributed by atoms with van der Waals surface area (Å²) in [4.78, 5) is 29.8. The Morgan fingerprint density at radius 2 is 0.670 bits per heavy atom. The van der Waals surface area contributed by atoms with Crippen LogP contribution in [0.3, 0.4) is 0 Å². The molecule has 0 radical (unpaired) electrons. The molecule has 0 aromatic heterocycles. The van der Waals surface area contributed by atoms with Crippen LogP contribution >= 0.6 is 0 Å². The van der Waals surface area contributed by atoms with E-state index in [1.54, 1.807) is 54.6 Å². The van der Waals surface area contributed by atoms with Gasteiger partial charge in [-0.2, -0.15) is 0 Å². The van der Waals surface area contributed by atoms with Gasteiger partial charge in [-0.05, 0) is 73.1 Å². The number of aliphatic hydroxyl groups is 1. The van der Waals surface area contributed by atoms with E-state index in [4.69, 9.17) is 70.7 Å². The van der Waals surface area contributed by atoms with E-state index in [1.807, 2.05) is 231 Å². The molecule has 0 bridgehead atoms. The van der Waals surface area contributed by atoms with Crippen molar-refractivity contribution in [2.24, 2.45) is 0 Å². The predicted octanol–water partition coefficient (Wildman–Crippen LogP) is 14.3. The summed E-state index contributed by atoms with van der Waals surface area (Å²) in [6.45, 7) is 10.6. The third-order valence-corrected chi connectivity index (χ3v) is 25.1. The number of benzene rings is 10. The lowest BCUT2D eigenvalue weighted by molar-refractivity contribution is -0.376. The number of ether oxygens (including phenoxy) is 14. The van der Waals surface area contributed by atoms with Gasteiger partial charge < -0.3 is 75.8 Å². The first-order valence-corrected chi connectivity index (χ1v) is 40.1. The molecule has 13 rings (SSSR count). The first kappa shape index (κ1) is 80.6. The van der Waals surface area contributed by atoms with E-state index >= 15 is 4.79 Å². The minimum atomic E-state index is -3.38. The Balaban J connectivity index is 0.892. The molecule has 3 aliphatic heterocycles. The molecule has 582 valence electrons. The average molecular weight is 1530 g/mol. The molecule has 10 aromatic carbocycles. The molecule has 0 aliphatic carbocycles. The van der Waals surface area contributed by atoms with Gasteiger partial charge in [0.2, 0.25) is 0 Å². The van der Waals surface area contributed by atoms with Gasteiger partial charge in [-0.3, -0.25) is 0 Å². The minimum absolute atomic E-state index is 0.0216. The van der Waals surface area contributed by atoms with Crippen molar-refractivity contribution in [1.29, 1.82) is 0 Å². The van der Waals surface area contributed by atoms with Crippen molar-refractivity contribution < 1.29 is 85.4 Å². The van der Waals surface area contributed by atoms with E-state index in [0.717, 1.165) is 43.8 Å². The fraction of sp³-hybridized carbons (Fsp3) is 0.312. The second-order valence-corrected chi connectivity index (χ2v) is 33.2. The van der Waals surface area contributed by atoms with E-state index in [9.17, 15) is 9.90 Å². The highest BCUT2D eigenvalue weighted by Gasteiger charge is 2.58. The van der Waals surface area contributed by atoms with Crippen LogP contribution in [0.4, 0.5) is 0 Å². The first-order chi connectivity index (χ1) is 54.9. The van der Waals surface area contributed by atoms with Crippen molar-refractivity contribution in [3.8, 4) is 0 Å². The molecule has 15 atom stereocenters. The second kappa shape index (κ2) is 40.3. The van der Waals surface area contributed by atoms with Crippen LogP contribution in [0.15, 0.2) is 316 Å². The lowest BCUT2D eigenvalue weighted by Crippen LogP contribution is -2.69. The smallest absolute Gasteiger partial charge is 0.338 e. The van der Waals surface area contributed by atoms with Gasteiger partial charge in [0, 0.05) is 0 Å². The first-order valence-electron chi connectivity index (χ1n) is 38.2. The summed E-state index contributed by atoms with van der Waals surface area (Å²) < 4.78 is 106. The van der Waals surface area contributed by atoms with E-state index < -0.39 is 124 Å². The number of hydrogen-bond donors (Lipinski definition) is 1. The molecule has 3 heterocycles. The molecule has 0 spiro atoms. The Hall–Kier alpha value is -9.46. The molecule has 0 unspecified atom stereocenters. The normalized spacial score (nSPS) is 24.0. The van der Waals surface area contributed by atoms with Gasteiger partial charge in [-0.25, -0.2) is 9.59 Å². The van der Waals surface area contributed by atoms with Gasteiger partial charge in [0.25, 0.3) is 8.32 Å². The van der Waals surface area contributed by atoms with Crippen LogP contribution in [-0.2, 0) is 110 Å². The van der Waals surface area contributed by atoms with Gasteiger partial charge >= 0.3 is 11.9 Å². The Labute approximate surface area is 657 Å². The van der Waals surface area contributed by atoms with Crippen LogP contribution in [0.2, 0.25) is 5.04 Å². The van der Waals surface area contributed by atoms with Crippen LogP contribution < -0.4 is 10.4 Å². The number of esters is 2. The van der Waals surface area contributed by atoms with E-state index in [-0.39, 0.29) is 70.6 Å². The van der Waals surface area contributed by atoms with E-state index in [1.165, 1.54) is 0 Å². The maximum absolute atomic E-state index is 15.1. The number of carbonyl (C=O) groups is 2. The highest BCUT2D eigenvalue weighted by molar-refractivity contribution is 6.99. The highest BCUT2D eigenvalue weighted by Crippen LogP contribution is 2.41. The van der Waals surface area contributed by atoms with Crippen molar-refractivity contribution >= 4 is 30.6 Å². The number of rotatable bonds is 36. The summed E-state index contributed by atoms with van der Waals surface area (Å²) >= 11 is 0. The Bertz CT molecular complexity index is 4370. The summed E-state index contributed by atoms with van der Waals surface area (Å²) in [5, 5.41) is 14.8. The molecule has 3 saturated heterocycles. The standard InChI is InChI=1S/C93H98O18Si/c1-5-56-98-79-77(64-104-91-86(109-88(94)72-48-28-12-29-49-72)83(102-61-70-44-24-10-25-45-70)80(99-58-67-38-18-7-19-39-67)76(107-91)63-97-57-66-36-16-6-17-37-66)106-90(96)85(82(79)101-60-69-42-22-9-23-43-69)111-92-87(110-89(95)73-50-30-13-31-51-73)84(103-62-71-46-26-11-27-47-71)81(100-59-68-40-20-8-21-41-68)78(108-92)65-105-112(93(2,3)4,74-52-32-14-33-53-74)75-54-34-15-35-55-75/h5-55,76-87,90-92,96H,1,56-65H2,2-4H3/t76-,77-,78-,79-,80-,81-,82+,83+,84+,85+,86+,87+,90+,91+,92-/m1/s1. The summed E-state index contributed by atoms with van der Waals surface area (Å²) in [6, 6.07) is 95.9. The van der Waals surface area contributed by atoms with Crippen LogP contribution in [0.25, 0.3) is 0 Å². The molecule has 3 fully saturated rings. The topological polar surface area (TPSA) is 193 Å². The lowest BCUT2D eigenvalue weighted by atomic mass is 9.96. The van der Waals surface area contributed by atoms with Gasteiger partial charge in [-0.15, -0.1) is 6.58 Å². The van der Waals surface area contributed by atoms with Crippen molar-refractivity contribution in [1.82, 2.24) is 0 Å². The molecule has 112 heavy (non-hydrogen) atoms. The van der Waals surface area contributed by atoms with Crippen LogP contribution in [-0.4, -0.2) is 144 Å². The predicted molar refractivity (Wildman–Crippen MR) is 425 cm³/mol. The molecule has 18 nitrogen and oxygen atoms in total. The molecule has 0 saturated carbocycles. The quantitative estimate of drug-likeness (QED) is 0.0221. The summed E-state index contributed by atoms with van der Waals surface area (Å²) in [7, 11) is -3.38. The van der Waals surface area contributed by atoms with Crippen LogP contribution in [0, 0.1) is 0 Å². The molecule has 0 amide bonds. The summed E-state index contributed by atoms with van der Waals surface area (Å²) in [6.07, 6.45) is -17.6. The van der Waals surface area contributed by atoms with Crippen molar-refractivity contribution in [3.63, 3.8) is 0 Å². The molecule has 3 aliphatic rings. The number of aliphatic hydroxyl groups excluding tert-OH is 1. The largest absolute Gasteiger partial charge is 0.450 e. The lowest BCUT2D eigenvalue weighted by Gasteiger charge is -2.50. The van der Waals surface area contributed by atoms with Gasteiger partial charge in [0.05, 0.1) is 77.2 Å². The number of hydrogen-bond acceptors (Lipinski definition) is 18. The Morgan fingerprint density at radius 1 is 0.357 bits per heavy atom. The average Bonchev–Trinajstić information content (AvgIpc) is 0.741. The maximum atomic E-state index is 15.1. The van der Waals surface area contributed by atoms with Crippen molar-refractivity contribution in [3.05, 3.63) is 360 Å². The SMILES string of the molecule is C=CCO[C@H]1[C@H](OCc2ccccc2)[C@H](O[C@H]2O[C@H](CO[Si](c3ccccc3)(c3ccccc3)C(C)(C)C)[C@@H](OCc3ccccc3)[C@H](OCc3ccccc3)[C@@H]2OC(=O)c2ccccc2)[C@@H](O)O[C@@H]1CO[C@H]1O[C@H](COCc2ccccc2)[C@@H](OCc2ccccc2)[C@H](OCc2ccccc2)[C@@H]1OC(=O)c1ccccc1. The van der Waals surface area contributed by atoms with E-state index in [0.29, 0.717) is 0 Å². The highest BCUT2D eigenvalue weighted by atomic mass is 28.4. The fourth-order valence-electron chi connectivity index (χ4n) is 14.6. The van der Waals surface area contributed by atoms with E-state index in [2.05, 4.69) is 51.6 Å². The van der Waals surface area contributed by atoms with Crippen LogP contribution in [0.1, 0.15) is 74.9 Å². The van der Waals surface area contributed by atoms with Crippen molar-refractivity contribution in [2.45, 2.75) is 158 Å². The van der Waals surface area contributed by atoms with Crippen LogP contribution in [0.5, 0.6) is 0 Å². The minimum Gasteiger partial charge on any atom is -0.450 e. The number of carbonyl (C=O) groups excluding carboxylic acids is 2. The van der Waals surface area contributed by atoms with Crippen molar-refractivity contribution in [2.75, 3.05) is 26.4 Å². The van der Waals surface area contributed by atoms with Gasteiger partial charge in [-0.1, -0.05) is 306 Å². The Kier molecular flexibility index (Phi) is 29.0. The van der Waals surface area contributed by atoms with Gasteiger partial charge in [0.15, 0.2) is 31.1 Å². The zero-order chi connectivity index (χ0) is 77.3. The molecule has 10 aromatic rings. The monoisotopic (exact) mass is 1530 g/mol. The molecular weight excluding hydrogens is 1430 g/mol. The zero-order valence-electron chi connectivity index (χ0n) is 63.3.